The van der Waals surface area contributed by atoms with E-state index in [4.69, 9.17) is 9.15 Å². The molecule has 9 heteroatoms. The molecule has 1 atom stereocenters. The lowest BCUT2D eigenvalue weighted by Crippen LogP contribution is -2.36. The molecule has 2 heterocycles. The number of methoxy groups -OCH3 is 1. The van der Waals surface area contributed by atoms with E-state index in [0.29, 0.717) is 18.0 Å². The molecule has 4 rings (SSSR count). The fraction of sp³-hybridized carbons (Fsp3) is 0.292. The van der Waals surface area contributed by atoms with E-state index >= 15 is 0 Å². The van der Waals surface area contributed by atoms with Crippen LogP contribution in [0.4, 0.5) is 5.69 Å². The zero-order valence-corrected chi connectivity index (χ0v) is 19.2. The summed E-state index contributed by atoms with van der Waals surface area (Å²) in [5, 5.41) is 2.94. The Morgan fingerprint density at radius 2 is 1.85 bits per heavy atom. The molecule has 1 saturated heterocycles. The number of nitrogens with one attached hydrogen (secondary N) is 2. The summed E-state index contributed by atoms with van der Waals surface area (Å²) in [5.41, 5.74) is 0.671. The first-order chi connectivity index (χ1) is 16.0. The minimum atomic E-state index is -3.86. The van der Waals surface area contributed by atoms with Crippen LogP contribution in [0.25, 0.3) is 0 Å². The highest BCUT2D eigenvalue weighted by molar-refractivity contribution is 7.92. The van der Waals surface area contributed by atoms with Gasteiger partial charge < -0.3 is 14.5 Å². The SMILES string of the molecule is COc1ccc(NS(=O)(=O)c2cccc(C(=O)NC[C@H](c3ccco3)N3CCCC3)c2)cc1. The number of benzene rings is 2. The van der Waals surface area contributed by atoms with Crippen molar-refractivity contribution in [2.24, 2.45) is 0 Å². The number of hydrogen-bond donors (Lipinski definition) is 2. The highest BCUT2D eigenvalue weighted by atomic mass is 32.2. The van der Waals surface area contributed by atoms with Crippen molar-refractivity contribution in [3.63, 3.8) is 0 Å². The van der Waals surface area contributed by atoms with Crippen molar-refractivity contribution < 1.29 is 22.4 Å². The van der Waals surface area contributed by atoms with Gasteiger partial charge in [0, 0.05) is 17.8 Å². The van der Waals surface area contributed by atoms with Crippen LogP contribution in [0.15, 0.2) is 76.2 Å². The number of anilines is 1. The maximum atomic E-state index is 12.9. The van der Waals surface area contributed by atoms with Gasteiger partial charge in [0.15, 0.2) is 0 Å². The quantitative estimate of drug-likeness (QED) is 0.496. The summed E-state index contributed by atoms with van der Waals surface area (Å²) in [4.78, 5) is 15.2. The van der Waals surface area contributed by atoms with E-state index in [1.807, 2.05) is 12.1 Å². The average Bonchev–Trinajstić information content (AvgIpc) is 3.55. The second-order valence-corrected chi connectivity index (χ2v) is 9.53. The summed E-state index contributed by atoms with van der Waals surface area (Å²) in [5.74, 6) is 1.09. The monoisotopic (exact) mass is 469 g/mol. The highest BCUT2D eigenvalue weighted by Crippen LogP contribution is 2.25. The summed E-state index contributed by atoms with van der Waals surface area (Å²) in [7, 11) is -2.32. The molecule has 0 unspecified atom stereocenters. The summed E-state index contributed by atoms with van der Waals surface area (Å²) >= 11 is 0. The van der Waals surface area contributed by atoms with Crippen molar-refractivity contribution in [1.29, 1.82) is 0 Å². The van der Waals surface area contributed by atoms with Crippen LogP contribution in [0, 0.1) is 0 Å². The van der Waals surface area contributed by atoms with Crippen molar-refractivity contribution in [3.05, 3.63) is 78.3 Å². The van der Waals surface area contributed by atoms with Crippen LogP contribution in [0.1, 0.15) is 35.0 Å². The van der Waals surface area contributed by atoms with Crippen molar-refractivity contribution in [1.82, 2.24) is 10.2 Å². The fourth-order valence-electron chi connectivity index (χ4n) is 3.91. The minimum Gasteiger partial charge on any atom is -0.497 e. The Hall–Kier alpha value is -3.30. The maximum absolute atomic E-state index is 12.9. The van der Waals surface area contributed by atoms with Gasteiger partial charge in [-0.2, -0.15) is 0 Å². The highest BCUT2D eigenvalue weighted by Gasteiger charge is 2.26. The van der Waals surface area contributed by atoms with Gasteiger partial charge in [-0.1, -0.05) is 6.07 Å². The molecule has 1 aromatic heterocycles. The molecule has 2 N–H and O–H groups in total. The van der Waals surface area contributed by atoms with Crippen LogP contribution in [0.5, 0.6) is 5.75 Å². The molecule has 0 saturated carbocycles. The zero-order valence-electron chi connectivity index (χ0n) is 18.4. The second-order valence-electron chi connectivity index (χ2n) is 7.85. The van der Waals surface area contributed by atoms with E-state index in [2.05, 4.69) is 14.9 Å². The molecule has 0 radical (unpaired) electrons. The third-order valence-electron chi connectivity index (χ3n) is 5.66. The van der Waals surface area contributed by atoms with Crippen molar-refractivity contribution in [3.8, 4) is 5.75 Å². The van der Waals surface area contributed by atoms with Gasteiger partial charge in [0.25, 0.3) is 15.9 Å². The number of hydrogen-bond acceptors (Lipinski definition) is 6. The van der Waals surface area contributed by atoms with Gasteiger partial charge in [0.05, 0.1) is 24.3 Å². The number of carbonyl (C=O) groups is 1. The zero-order chi connectivity index (χ0) is 23.3. The Morgan fingerprint density at radius 1 is 1.09 bits per heavy atom. The summed E-state index contributed by atoms with van der Waals surface area (Å²) in [6, 6.07) is 16.2. The molecule has 2 aromatic carbocycles. The van der Waals surface area contributed by atoms with Gasteiger partial charge in [-0.05, 0) is 80.5 Å². The Kier molecular flexibility index (Phi) is 7.00. The summed E-state index contributed by atoms with van der Waals surface area (Å²) < 4.78 is 38.9. The van der Waals surface area contributed by atoms with Gasteiger partial charge >= 0.3 is 0 Å². The molecule has 0 spiro atoms. The lowest BCUT2D eigenvalue weighted by Gasteiger charge is -2.26. The molecule has 1 fully saturated rings. The fourth-order valence-corrected chi connectivity index (χ4v) is 5.02. The van der Waals surface area contributed by atoms with Gasteiger partial charge in [0.2, 0.25) is 0 Å². The molecule has 174 valence electrons. The van der Waals surface area contributed by atoms with Gasteiger partial charge in [0.1, 0.15) is 11.5 Å². The van der Waals surface area contributed by atoms with E-state index in [1.54, 1.807) is 42.7 Å². The van der Waals surface area contributed by atoms with E-state index in [1.165, 1.54) is 19.2 Å². The first-order valence-electron chi connectivity index (χ1n) is 10.8. The number of amides is 1. The maximum Gasteiger partial charge on any atom is 0.261 e. The normalized spacial score (nSPS) is 15.2. The van der Waals surface area contributed by atoms with E-state index in [9.17, 15) is 13.2 Å². The Labute approximate surface area is 193 Å². The number of rotatable bonds is 9. The van der Waals surface area contributed by atoms with Crippen molar-refractivity contribution in [2.75, 3.05) is 31.5 Å². The number of sulfonamides is 1. The van der Waals surface area contributed by atoms with E-state index in [-0.39, 0.29) is 22.4 Å². The Bertz CT molecular complexity index is 1170. The lowest BCUT2D eigenvalue weighted by atomic mass is 10.1. The first-order valence-corrected chi connectivity index (χ1v) is 12.3. The largest absolute Gasteiger partial charge is 0.497 e. The topological polar surface area (TPSA) is 101 Å². The Morgan fingerprint density at radius 3 is 2.52 bits per heavy atom. The van der Waals surface area contributed by atoms with Crippen molar-refractivity contribution in [2.45, 2.75) is 23.8 Å². The van der Waals surface area contributed by atoms with Gasteiger partial charge in [-0.3, -0.25) is 14.4 Å². The lowest BCUT2D eigenvalue weighted by molar-refractivity contribution is 0.0933. The van der Waals surface area contributed by atoms with Crippen LogP contribution in [0.3, 0.4) is 0 Å². The predicted molar refractivity (Wildman–Crippen MR) is 125 cm³/mol. The number of carbonyl (C=O) groups excluding carboxylic acids is 1. The molecule has 8 nitrogen and oxygen atoms in total. The predicted octanol–water partition coefficient (Wildman–Crippen LogP) is 3.66. The van der Waals surface area contributed by atoms with Crippen LogP contribution in [-0.2, 0) is 10.0 Å². The third-order valence-corrected chi connectivity index (χ3v) is 7.04. The summed E-state index contributed by atoms with van der Waals surface area (Å²) in [6.45, 7) is 2.27. The smallest absolute Gasteiger partial charge is 0.261 e. The standard InChI is InChI=1S/C24H27N3O5S/c1-31-20-11-9-19(10-12-20)26-33(29,30)21-7-4-6-18(16-21)24(28)25-17-22(23-8-5-15-32-23)27-13-2-3-14-27/h4-12,15-16,22,26H,2-3,13-14,17H2,1H3,(H,25,28)/t22-/m1/s1. The molecule has 1 aliphatic rings. The number of nitrogens with zero attached hydrogens (tertiary/aromatic N) is 1. The minimum absolute atomic E-state index is 0.00750. The number of ether oxygens (including phenoxy) is 1. The third kappa shape index (κ3) is 5.55. The molecule has 1 aliphatic heterocycles. The molecule has 0 bridgehead atoms. The van der Waals surface area contributed by atoms with Gasteiger partial charge in [-0.25, -0.2) is 8.42 Å². The summed E-state index contributed by atoms with van der Waals surface area (Å²) in [6.07, 6.45) is 3.86. The second kappa shape index (κ2) is 10.1. The molecule has 3 aromatic rings. The Balaban J connectivity index is 1.45. The van der Waals surface area contributed by atoms with Gasteiger partial charge in [-0.15, -0.1) is 0 Å². The van der Waals surface area contributed by atoms with Crippen LogP contribution >= 0.6 is 0 Å². The average molecular weight is 470 g/mol. The van der Waals surface area contributed by atoms with Crippen LogP contribution < -0.4 is 14.8 Å². The molecular formula is C24H27N3O5S. The molecule has 33 heavy (non-hydrogen) atoms. The number of likely N-dealkylation sites (tertiary alicyclic amines) is 1. The molecule has 0 aliphatic carbocycles. The molecule has 1 amide bonds. The van der Waals surface area contributed by atoms with Crippen LogP contribution in [-0.4, -0.2) is 46.0 Å². The van der Waals surface area contributed by atoms with E-state index in [0.717, 1.165) is 31.7 Å². The first kappa shape index (κ1) is 22.9. The van der Waals surface area contributed by atoms with Crippen molar-refractivity contribution >= 4 is 21.6 Å². The molecular weight excluding hydrogens is 442 g/mol. The van der Waals surface area contributed by atoms with Crippen LogP contribution in [0.2, 0.25) is 0 Å². The van der Waals surface area contributed by atoms with E-state index < -0.39 is 10.0 Å². The number of furan rings is 1.